The van der Waals surface area contributed by atoms with Gasteiger partial charge in [-0.25, -0.2) is 4.79 Å². The molecule has 8 heteroatoms. The topological polar surface area (TPSA) is 44.8 Å². The maximum atomic E-state index is 11.1. The van der Waals surface area contributed by atoms with Gasteiger partial charge in [-0.3, -0.25) is 0 Å². The van der Waals surface area contributed by atoms with Crippen LogP contribution in [0.2, 0.25) is 6.04 Å². The van der Waals surface area contributed by atoms with E-state index in [0.717, 1.165) is 18.4 Å². The fourth-order valence-electron chi connectivity index (χ4n) is 1.75. The third-order valence-electron chi connectivity index (χ3n) is 2.91. The van der Waals surface area contributed by atoms with Gasteiger partial charge in [-0.05, 0) is 42.7 Å². The molecule has 0 aliphatic heterocycles. The van der Waals surface area contributed by atoms with E-state index in [9.17, 15) is 4.79 Å². The van der Waals surface area contributed by atoms with Crippen molar-refractivity contribution in [3.8, 4) is 11.5 Å². The van der Waals surface area contributed by atoms with Crippen molar-refractivity contribution in [2.24, 2.45) is 0 Å². The average Bonchev–Trinajstić information content (AvgIpc) is 2.51. The zero-order chi connectivity index (χ0) is 17.3. The van der Waals surface area contributed by atoms with Gasteiger partial charge in [0.15, 0.2) is 11.5 Å². The van der Waals surface area contributed by atoms with E-state index < -0.39 is 12.0 Å². The molecule has 0 heterocycles. The first kappa shape index (κ1) is 20.2. The fraction of sp³-hybridized carbons (Fsp3) is 0.400. The summed E-state index contributed by atoms with van der Waals surface area (Å²) in [6.07, 6.45) is 4.57. The molecule has 1 aromatic carbocycles. The van der Waals surface area contributed by atoms with Gasteiger partial charge in [0.25, 0.3) is 0 Å². The molecule has 0 saturated carbocycles. The summed E-state index contributed by atoms with van der Waals surface area (Å²) in [5.74, 6) is 0.806. The Morgan fingerprint density at radius 2 is 1.91 bits per heavy atom. The van der Waals surface area contributed by atoms with Crippen molar-refractivity contribution in [2.75, 3.05) is 20.8 Å². The molecular formula is C15H19Cl3O4Si. The number of hydrogen-bond donors (Lipinski definition) is 0. The molecule has 0 N–H and O–H groups in total. The monoisotopic (exact) mass is 396 g/mol. The van der Waals surface area contributed by atoms with Crippen LogP contribution in [0.4, 0.5) is 0 Å². The van der Waals surface area contributed by atoms with Crippen LogP contribution in [0.5, 0.6) is 11.5 Å². The van der Waals surface area contributed by atoms with E-state index in [1.165, 1.54) is 13.2 Å². The lowest BCUT2D eigenvalue weighted by Gasteiger charge is -2.12. The van der Waals surface area contributed by atoms with Crippen LogP contribution < -0.4 is 9.47 Å². The Bertz CT molecular complexity index is 544. The lowest BCUT2D eigenvalue weighted by atomic mass is 10.2. The summed E-state index contributed by atoms with van der Waals surface area (Å²) in [5.41, 5.74) is 0.805. The largest absolute Gasteiger partial charge is 0.493 e. The standard InChI is InChI=1S/C15H19Cl3O4Si/c1-20-13-7-5-12(6-8-15(19)21-2)11-14(13)22-9-3-4-10-23(16,17)18/h5-8,11H,3-4,9-10H2,1-2H3/b8-6+. The zero-order valence-corrected chi connectivity index (χ0v) is 16.2. The minimum absolute atomic E-state index is 0.417. The quantitative estimate of drug-likeness (QED) is 0.199. The Labute approximate surface area is 151 Å². The van der Waals surface area contributed by atoms with Crippen LogP contribution in [-0.4, -0.2) is 32.8 Å². The van der Waals surface area contributed by atoms with E-state index in [0.29, 0.717) is 24.2 Å². The van der Waals surface area contributed by atoms with Crippen molar-refractivity contribution in [1.29, 1.82) is 0 Å². The van der Waals surface area contributed by atoms with Gasteiger partial charge in [-0.15, -0.1) is 33.2 Å². The Kier molecular flexibility index (Phi) is 8.84. The number of methoxy groups -OCH3 is 2. The maximum absolute atomic E-state index is 11.1. The summed E-state index contributed by atoms with van der Waals surface area (Å²) >= 11 is 17.5. The van der Waals surface area contributed by atoms with Crippen LogP contribution >= 0.6 is 33.2 Å². The third kappa shape index (κ3) is 8.51. The van der Waals surface area contributed by atoms with Crippen molar-refractivity contribution < 1.29 is 19.0 Å². The smallest absolute Gasteiger partial charge is 0.341 e. The minimum atomic E-state index is -2.55. The highest BCUT2D eigenvalue weighted by molar-refractivity contribution is 7.64. The molecule has 0 fully saturated rings. The number of unbranched alkanes of at least 4 members (excludes halogenated alkanes) is 1. The highest BCUT2D eigenvalue weighted by Crippen LogP contribution is 2.30. The first-order chi connectivity index (χ1) is 10.9. The van der Waals surface area contributed by atoms with Crippen LogP contribution in [0.1, 0.15) is 18.4 Å². The predicted octanol–water partition coefficient (Wildman–Crippen LogP) is 4.70. The van der Waals surface area contributed by atoms with E-state index in [1.807, 2.05) is 6.07 Å². The van der Waals surface area contributed by atoms with Crippen molar-refractivity contribution in [2.45, 2.75) is 18.9 Å². The molecule has 23 heavy (non-hydrogen) atoms. The number of carbonyl (C=O) groups is 1. The number of rotatable bonds is 9. The molecule has 1 aromatic rings. The molecule has 1 rings (SSSR count). The molecule has 0 atom stereocenters. The first-order valence-corrected chi connectivity index (χ1v) is 12.2. The fourth-order valence-corrected chi connectivity index (χ4v) is 3.61. The predicted molar refractivity (Wildman–Crippen MR) is 96.9 cm³/mol. The van der Waals surface area contributed by atoms with Gasteiger partial charge >= 0.3 is 12.0 Å². The number of hydrogen-bond acceptors (Lipinski definition) is 4. The lowest BCUT2D eigenvalue weighted by molar-refractivity contribution is -0.134. The highest BCUT2D eigenvalue weighted by atomic mass is 35.8. The summed E-state index contributed by atoms with van der Waals surface area (Å²) < 4.78 is 15.5. The molecule has 128 valence electrons. The Morgan fingerprint density at radius 1 is 1.17 bits per heavy atom. The van der Waals surface area contributed by atoms with E-state index in [-0.39, 0.29) is 0 Å². The van der Waals surface area contributed by atoms with Crippen LogP contribution in [-0.2, 0) is 9.53 Å². The second-order valence-corrected chi connectivity index (χ2v) is 14.0. The Hall–Kier alpha value is -0.883. The third-order valence-corrected chi connectivity index (χ3v) is 5.53. The van der Waals surface area contributed by atoms with E-state index in [4.69, 9.17) is 42.7 Å². The van der Waals surface area contributed by atoms with Crippen molar-refractivity contribution >= 4 is 51.3 Å². The van der Waals surface area contributed by atoms with Gasteiger partial charge in [-0.2, -0.15) is 0 Å². The molecule has 0 radical (unpaired) electrons. The first-order valence-electron chi connectivity index (χ1n) is 6.99. The van der Waals surface area contributed by atoms with Gasteiger partial charge in [0.2, 0.25) is 0 Å². The maximum Gasteiger partial charge on any atom is 0.341 e. The van der Waals surface area contributed by atoms with Crippen LogP contribution in [0.15, 0.2) is 24.3 Å². The molecule has 0 aliphatic carbocycles. The Balaban J connectivity index is 2.61. The van der Waals surface area contributed by atoms with Crippen LogP contribution in [0.3, 0.4) is 0 Å². The van der Waals surface area contributed by atoms with Crippen molar-refractivity contribution in [3.05, 3.63) is 29.8 Å². The molecule has 0 bridgehead atoms. The average molecular weight is 398 g/mol. The highest BCUT2D eigenvalue weighted by Gasteiger charge is 2.23. The number of halogens is 3. The normalized spacial score (nSPS) is 11.5. The summed E-state index contributed by atoms with van der Waals surface area (Å²) in [5, 5.41) is 0. The number of esters is 1. The van der Waals surface area contributed by atoms with Crippen LogP contribution in [0.25, 0.3) is 6.08 Å². The molecule has 4 nitrogen and oxygen atoms in total. The van der Waals surface area contributed by atoms with Gasteiger partial charge in [-0.1, -0.05) is 6.07 Å². The summed E-state index contributed by atoms with van der Waals surface area (Å²) in [4.78, 5) is 11.1. The molecule has 0 amide bonds. The Morgan fingerprint density at radius 3 is 2.52 bits per heavy atom. The summed E-state index contributed by atoms with van der Waals surface area (Å²) in [6, 6.07) is 3.45. The van der Waals surface area contributed by atoms with E-state index in [1.54, 1.807) is 25.3 Å². The van der Waals surface area contributed by atoms with E-state index in [2.05, 4.69) is 4.74 Å². The molecule has 0 saturated heterocycles. The van der Waals surface area contributed by atoms with Gasteiger partial charge in [0, 0.05) is 6.08 Å². The van der Waals surface area contributed by atoms with Gasteiger partial charge in [0.1, 0.15) is 0 Å². The number of benzene rings is 1. The second-order valence-electron chi connectivity index (χ2n) is 4.69. The summed E-state index contributed by atoms with van der Waals surface area (Å²) in [6.45, 7) is 0.496. The van der Waals surface area contributed by atoms with Crippen LogP contribution in [0, 0.1) is 0 Å². The zero-order valence-electron chi connectivity index (χ0n) is 13.0. The van der Waals surface area contributed by atoms with Gasteiger partial charge in [0.05, 0.1) is 20.8 Å². The number of ether oxygens (including phenoxy) is 3. The SMILES string of the molecule is COC(=O)/C=C/c1ccc(OC)c(OCCCC[Si](Cl)(Cl)Cl)c1. The van der Waals surface area contributed by atoms with Crippen molar-refractivity contribution in [3.63, 3.8) is 0 Å². The number of carbonyl (C=O) groups excluding carboxylic acids is 1. The molecule has 0 unspecified atom stereocenters. The summed E-state index contributed by atoms with van der Waals surface area (Å²) in [7, 11) is 2.90. The van der Waals surface area contributed by atoms with Gasteiger partial charge < -0.3 is 14.2 Å². The second kappa shape index (κ2) is 10.1. The molecular weight excluding hydrogens is 379 g/mol. The van der Waals surface area contributed by atoms with Crippen molar-refractivity contribution in [1.82, 2.24) is 0 Å². The minimum Gasteiger partial charge on any atom is -0.493 e. The molecule has 0 spiro atoms. The molecule has 0 aromatic heterocycles. The molecule has 0 aliphatic rings. The van der Waals surface area contributed by atoms with E-state index >= 15 is 0 Å². The lowest BCUT2D eigenvalue weighted by Crippen LogP contribution is -2.09.